The Morgan fingerprint density at radius 2 is 1.51 bits per heavy atom. The standard InChI is InChI=1S/C30H36N2O3/c1-5-23(3)31-30(34)28(19-24-9-7-6-8-10-24)32(21-26-13-11-22(2)12-14-26)29(33)20-25-15-17-27(35-4)18-16-25/h6-18,23,28H,5,19-21H2,1-4H3,(H,31,34)/t23-,28+/m0/s1. The van der Waals surface area contributed by atoms with Gasteiger partial charge < -0.3 is 15.0 Å². The number of amides is 2. The second kappa shape index (κ2) is 12.7. The van der Waals surface area contributed by atoms with E-state index in [9.17, 15) is 9.59 Å². The third kappa shape index (κ3) is 7.71. The van der Waals surface area contributed by atoms with E-state index in [0.29, 0.717) is 13.0 Å². The third-order valence-corrected chi connectivity index (χ3v) is 6.26. The SMILES string of the molecule is CC[C@H](C)NC(=O)[C@@H](Cc1ccccc1)N(Cc1ccc(C)cc1)C(=O)Cc1ccc(OC)cc1. The molecule has 0 saturated heterocycles. The largest absolute Gasteiger partial charge is 0.497 e. The van der Waals surface area contributed by atoms with Crippen LogP contribution < -0.4 is 10.1 Å². The predicted molar refractivity (Wildman–Crippen MR) is 140 cm³/mol. The first-order chi connectivity index (χ1) is 16.9. The van der Waals surface area contributed by atoms with Crippen molar-refractivity contribution >= 4 is 11.8 Å². The van der Waals surface area contributed by atoms with Crippen LogP contribution in [0.5, 0.6) is 5.75 Å². The minimum absolute atomic E-state index is 0.0266. The van der Waals surface area contributed by atoms with Gasteiger partial charge in [0.05, 0.1) is 13.5 Å². The van der Waals surface area contributed by atoms with Gasteiger partial charge in [0.15, 0.2) is 0 Å². The fourth-order valence-electron chi connectivity index (χ4n) is 3.90. The number of aryl methyl sites for hydroxylation is 1. The van der Waals surface area contributed by atoms with Gasteiger partial charge in [0.25, 0.3) is 0 Å². The smallest absolute Gasteiger partial charge is 0.243 e. The van der Waals surface area contributed by atoms with Crippen LogP contribution in [-0.2, 0) is 29.0 Å². The van der Waals surface area contributed by atoms with Gasteiger partial charge in [-0.2, -0.15) is 0 Å². The molecule has 5 heteroatoms. The zero-order valence-corrected chi connectivity index (χ0v) is 21.2. The van der Waals surface area contributed by atoms with Crippen molar-refractivity contribution in [3.63, 3.8) is 0 Å². The Balaban J connectivity index is 1.94. The van der Waals surface area contributed by atoms with Gasteiger partial charge in [-0.1, -0.05) is 79.2 Å². The zero-order chi connectivity index (χ0) is 25.2. The maximum Gasteiger partial charge on any atom is 0.243 e. The van der Waals surface area contributed by atoms with Gasteiger partial charge in [-0.15, -0.1) is 0 Å². The molecular formula is C30H36N2O3. The third-order valence-electron chi connectivity index (χ3n) is 6.26. The molecule has 0 aromatic heterocycles. The number of nitrogens with zero attached hydrogens (tertiary/aromatic N) is 1. The molecule has 0 saturated carbocycles. The molecule has 3 rings (SSSR count). The summed E-state index contributed by atoms with van der Waals surface area (Å²) >= 11 is 0. The molecule has 2 atom stereocenters. The van der Waals surface area contributed by atoms with E-state index in [4.69, 9.17) is 4.74 Å². The first-order valence-electron chi connectivity index (χ1n) is 12.2. The number of hydrogen-bond acceptors (Lipinski definition) is 3. The molecule has 5 nitrogen and oxygen atoms in total. The Morgan fingerprint density at radius 3 is 2.11 bits per heavy atom. The van der Waals surface area contributed by atoms with Crippen LogP contribution in [0.4, 0.5) is 0 Å². The zero-order valence-electron chi connectivity index (χ0n) is 21.2. The summed E-state index contributed by atoms with van der Waals surface area (Å²) in [5.74, 6) is 0.530. The molecule has 184 valence electrons. The fraction of sp³-hybridized carbons (Fsp3) is 0.333. The lowest BCUT2D eigenvalue weighted by molar-refractivity contribution is -0.141. The van der Waals surface area contributed by atoms with Crippen LogP contribution in [0.25, 0.3) is 0 Å². The summed E-state index contributed by atoms with van der Waals surface area (Å²) < 4.78 is 5.25. The highest BCUT2D eigenvalue weighted by Gasteiger charge is 2.31. The molecule has 0 aliphatic rings. The summed E-state index contributed by atoms with van der Waals surface area (Å²) in [6.07, 6.45) is 1.47. The van der Waals surface area contributed by atoms with E-state index in [2.05, 4.69) is 5.32 Å². The van der Waals surface area contributed by atoms with Gasteiger partial charge in [-0.25, -0.2) is 0 Å². The molecule has 0 aliphatic heterocycles. The number of benzene rings is 3. The number of carbonyl (C=O) groups excluding carboxylic acids is 2. The summed E-state index contributed by atoms with van der Waals surface area (Å²) in [6, 6.07) is 24.9. The van der Waals surface area contributed by atoms with Gasteiger partial charge in [-0.05, 0) is 49.1 Å². The molecular weight excluding hydrogens is 436 g/mol. The molecule has 0 bridgehead atoms. The van der Waals surface area contributed by atoms with Crippen molar-refractivity contribution in [3.8, 4) is 5.75 Å². The molecule has 2 amide bonds. The molecule has 3 aromatic rings. The Hall–Kier alpha value is -3.60. The van der Waals surface area contributed by atoms with E-state index in [1.54, 1.807) is 12.0 Å². The molecule has 35 heavy (non-hydrogen) atoms. The van der Waals surface area contributed by atoms with Crippen molar-refractivity contribution < 1.29 is 14.3 Å². The highest BCUT2D eigenvalue weighted by atomic mass is 16.5. The average Bonchev–Trinajstić information content (AvgIpc) is 2.88. The minimum Gasteiger partial charge on any atom is -0.497 e. The normalized spacial score (nSPS) is 12.5. The number of nitrogens with one attached hydrogen (secondary N) is 1. The topological polar surface area (TPSA) is 58.6 Å². The molecule has 0 unspecified atom stereocenters. The summed E-state index contributed by atoms with van der Waals surface area (Å²) in [5.41, 5.74) is 4.04. The first kappa shape index (κ1) is 26.0. The molecule has 0 radical (unpaired) electrons. The number of carbonyl (C=O) groups is 2. The minimum atomic E-state index is -0.626. The second-order valence-corrected chi connectivity index (χ2v) is 9.06. The van der Waals surface area contributed by atoms with Crippen LogP contribution in [0.15, 0.2) is 78.9 Å². The van der Waals surface area contributed by atoms with Crippen molar-refractivity contribution in [2.45, 2.75) is 58.7 Å². The highest BCUT2D eigenvalue weighted by molar-refractivity contribution is 5.89. The maximum absolute atomic E-state index is 13.7. The van der Waals surface area contributed by atoms with E-state index in [-0.39, 0.29) is 24.3 Å². The van der Waals surface area contributed by atoms with Crippen LogP contribution in [0.3, 0.4) is 0 Å². The lowest BCUT2D eigenvalue weighted by Gasteiger charge is -2.32. The van der Waals surface area contributed by atoms with Crippen molar-refractivity contribution in [1.82, 2.24) is 10.2 Å². The van der Waals surface area contributed by atoms with Crippen molar-refractivity contribution in [1.29, 1.82) is 0 Å². The van der Waals surface area contributed by atoms with Gasteiger partial charge in [0.2, 0.25) is 11.8 Å². The highest BCUT2D eigenvalue weighted by Crippen LogP contribution is 2.18. The average molecular weight is 473 g/mol. The van der Waals surface area contributed by atoms with Crippen molar-refractivity contribution in [3.05, 3.63) is 101 Å². The molecule has 0 fully saturated rings. The molecule has 0 spiro atoms. The Labute approximate surface area is 209 Å². The molecule has 3 aromatic carbocycles. The van der Waals surface area contributed by atoms with Gasteiger partial charge >= 0.3 is 0 Å². The Morgan fingerprint density at radius 1 is 0.886 bits per heavy atom. The monoisotopic (exact) mass is 472 g/mol. The van der Waals surface area contributed by atoms with Gasteiger partial charge in [-0.3, -0.25) is 9.59 Å². The summed E-state index contributed by atoms with van der Waals surface area (Å²) in [4.78, 5) is 29.0. The molecule has 0 aliphatic carbocycles. The van der Waals surface area contributed by atoms with E-state index < -0.39 is 6.04 Å². The van der Waals surface area contributed by atoms with Crippen LogP contribution in [-0.4, -0.2) is 35.9 Å². The van der Waals surface area contributed by atoms with Gasteiger partial charge in [0, 0.05) is 19.0 Å². The molecule has 0 heterocycles. The van der Waals surface area contributed by atoms with Crippen molar-refractivity contribution in [2.75, 3.05) is 7.11 Å². The number of rotatable bonds is 11. The first-order valence-corrected chi connectivity index (χ1v) is 12.2. The predicted octanol–water partition coefficient (Wildman–Crippen LogP) is 5.10. The number of ether oxygens (including phenoxy) is 1. The van der Waals surface area contributed by atoms with E-state index in [1.807, 2.05) is 99.6 Å². The van der Waals surface area contributed by atoms with Crippen LogP contribution in [0.2, 0.25) is 0 Å². The van der Waals surface area contributed by atoms with Crippen LogP contribution >= 0.6 is 0 Å². The van der Waals surface area contributed by atoms with Gasteiger partial charge in [0.1, 0.15) is 11.8 Å². The quantitative estimate of drug-likeness (QED) is 0.422. The Kier molecular flexibility index (Phi) is 9.47. The van der Waals surface area contributed by atoms with Crippen molar-refractivity contribution in [2.24, 2.45) is 0 Å². The Bertz CT molecular complexity index is 1080. The van der Waals surface area contributed by atoms with E-state index in [0.717, 1.165) is 34.4 Å². The van der Waals surface area contributed by atoms with Crippen LogP contribution in [0, 0.1) is 6.92 Å². The fourth-order valence-corrected chi connectivity index (χ4v) is 3.90. The number of methoxy groups -OCH3 is 1. The summed E-state index contributed by atoms with van der Waals surface area (Å²) in [5, 5.41) is 3.11. The van der Waals surface area contributed by atoms with Crippen LogP contribution in [0.1, 0.15) is 42.5 Å². The lowest BCUT2D eigenvalue weighted by atomic mass is 10.0. The summed E-state index contributed by atoms with van der Waals surface area (Å²) in [6.45, 7) is 6.42. The van der Waals surface area contributed by atoms with E-state index >= 15 is 0 Å². The number of hydrogen-bond donors (Lipinski definition) is 1. The second-order valence-electron chi connectivity index (χ2n) is 9.06. The summed E-state index contributed by atoms with van der Waals surface area (Å²) in [7, 11) is 1.62. The maximum atomic E-state index is 13.7. The lowest BCUT2D eigenvalue weighted by Crippen LogP contribution is -2.52. The molecule has 1 N–H and O–H groups in total. The van der Waals surface area contributed by atoms with E-state index in [1.165, 1.54) is 0 Å².